The Bertz CT molecular complexity index is 1010. The Hall–Kier alpha value is -1.79. The van der Waals surface area contributed by atoms with Crippen molar-refractivity contribution in [3.05, 3.63) is 23.3 Å². The van der Waals surface area contributed by atoms with E-state index in [1.54, 1.807) is 0 Å². The van der Waals surface area contributed by atoms with Crippen molar-refractivity contribution in [2.24, 2.45) is 5.92 Å². The molecule has 6 heteroatoms. The SMILES string of the molecule is CCCCOc1ccc2c3c1O[C@H]1[C@@H](N4CCCC4=O)CC[C@@]4(O)[C@@H](C2)N(CC2CC2)CC[C@]314. The quantitative estimate of drug-likeness (QED) is 0.624. The number of hydrogen-bond acceptors (Lipinski definition) is 5. The van der Waals surface area contributed by atoms with Crippen molar-refractivity contribution in [3.8, 4) is 11.5 Å². The number of likely N-dealkylation sites (tertiary alicyclic amines) is 2. The van der Waals surface area contributed by atoms with Crippen molar-refractivity contribution < 1.29 is 19.4 Å². The third kappa shape index (κ3) is 2.78. The highest BCUT2D eigenvalue weighted by atomic mass is 16.5. The van der Waals surface area contributed by atoms with E-state index in [4.69, 9.17) is 9.47 Å². The van der Waals surface area contributed by atoms with Gasteiger partial charge in [0.25, 0.3) is 0 Å². The van der Waals surface area contributed by atoms with Gasteiger partial charge < -0.3 is 19.5 Å². The van der Waals surface area contributed by atoms with Crippen LogP contribution >= 0.6 is 0 Å². The van der Waals surface area contributed by atoms with Gasteiger partial charge >= 0.3 is 0 Å². The molecule has 3 aliphatic heterocycles. The first-order valence-electron chi connectivity index (χ1n) is 13.8. The minimum Gasteiger partial charge on any atom is -0.490 e. The van der Waals surface area contributed by atoms with Gasteiger partial charge in [-0.1, -0.05) is 19.4 Å². The molecule has 0 unspecified atom stereocenters. The minimum atomic E-state index is -0.815. The lowest BCUT2D eigenvalue weighted by atomic mass is 9.48. The molecule has 2 saturated heterocycles. The summed E-state index contributed by atoms with van der Waals surface area (Å²) in [6.45, 7) is 5.79. The van der Waals surface area contributed by atoms with Gasteiger partial charge in [-0.05, 0) is 75.5 Å². The van der Waals surface area contributed by atoms with Gasteiger partial charge in [0.15, 0.2) is 11.5 Å². The van der Waals surface area contributed by atoms with Crippen LogP contribution in [0.25, 0.3) is 0 Å². The highest BCUT2D eigenvalue weighted by Crippen LogP contribution is 2.66. The van der Waals surface area contributed by atoms with Gasteiger partial charge in [-0.2, -0.15) is 0 Å². The molecule has 34 heavy (non-hydrogen) atoms. The molecule has 6 nitrogen and oxygen atoms in total. The number of amides is 1. The maximum absolute atomic E-state index is 12.8. The lowest BCUT2D eigenvalue weighted by molar-refractivity contribution is -0.200. The fourth-order valence-corrected chi connectivity index (χ4v) is 8.22. The van der Waals surface area contributed by atoms with E-state index in [-0.39, 0.29) is 24.1 Å². The predicted octanol–water partition coefficient (Wildman–Crippen LogP) is 3.42. The van der Waals surface area contributed by atoms with Crippen LogP contribution in [0.3, 0.4) is 0 Å². The molecule has 3 heterocycles. The molecule has 5 atom stereocenters. The van der Waals surface area contributed by atoms with E-state index < -0.39 is 11.0 Å². The molecule has 1 aromatic carbocycles. The standard InChI is InChI=1S/C28H38N2O4/c1-2-3-15-33-21-9-8-19-16-22-28(32)11-10-20(30-13-4-5-23(30)31)26-27(28,24(19)25(21)34-26)12-14-29(22)17-18-6-7-18/h8-9,18,20,22,26,32H,2-7,10-17H2,1H3/t20-,22+,26-,27-,28+/m0/s1. The van der Waals surface area contributed by atoms with E-state index in [0.29, 0.717) is 13.0 Å². The molecule has 1 amide bonds. The lowest BCUT2D eigenvalue weighted by Gasteiger charge is -2.64. The number of carbonyl (C=O) groups is 1. The van der Waals surface area contributed by atoms with E-state index in [9.17, 15) is 9.90 Å². The number of piperidine rings is 1. The number of benzene rings is 1. The molecule has 2 bridgehead atoms. The number of unbranched alkanes of at least 4 members (excludes halogenated alkanes) is 1. The second kappa shape index (κ2) is 7.60. The van der Waals surface area contributed by atoms with Gasteiger partial charge in [-0.15, -0.1) is 0 Å². The predicted molar refractivity (Wildman–Crippen MR) is 128 cm³/mol. The van der Waals surface area contributed by atoms with Crippen molar-refractivity contribution in [2.75, 3.05) is 26.2 Å². The van der Waals surface area contributed by atoms with E-state index in [1.807, 2.05) is 0 Å². The van der Waals surface area contributed by atoms with Crippen molar-refractivity contribution >= 4 is 5.91 Å². The highest BCUT2D eigenvalue weighted by Gasteiger charge is 2.73. The molecule has 6 aliphatic rings. The largest absolute Gasteiger partial charge is 0.490 e. The Balaban J connectivity index is 1.35. The van der Waals surface area contributed by atoms with Crippen LogP contribution in [0, 0.1) is 5.92 Å². The number of aliphatic hydroxyl groups is 1. The van der Waals surface area contributed by atoms with Crippen molar-refractivity contribution in [1.82, 2.24) is 9.80 Å². The van der Waals surface area contributed by atoms with Gasteiger partial charge in [-0.3, -0.25) is 9.69 Å². The minimum absolute atomic E-state index is 0.0350. The number of ether oxygens (including phenoxy) is 2. The number of nitrogens with zero attached hydrogens (tertiary/aromatic N) is 2. The molecule has 1 aromatic rings. The summed E-state index contributed by atoms with van der Waals surface area (Å²) in [5.74, 6) is 2.75. The van der Waals surface area contributed by atoms with Crippen molar-refractivity contribution in [3.63, 3.8) is 0 Å². The van der Waals surface area contributed by atoms with E-state index in [0.717, 1.165) is 82.0 Å². The van der Waals surface area contributed by atoms with Crippen molar-refractivity contribution in [2.45, 2.75) is 100 Å². The third-order valence-electron chi connectivity index (χ3n) is 9.98. The molecule has 4 fully saturated rings. The van der Waals surface area contributed by atoms with Crippen LogP contribution in [0.5, 0.6) is 11.5 Å². The first-order chi connectivity index (χ1) is 16.6. The van der Waals surface area contributed by atoms with Crippen LogP contribution in [0.15, 0.2) is 12.1 Å². The topological polar surface area (TPSA) is 62.2 Å². The van der Waals surface area contributed by atoms with Gasteiger partial charge in [0.05, 0.1) is 23.7 Å². The summed E-state index contributed by atoms with van der Waals surface area (Å²) in [7, 11) is 0. The maximum atomic E-state index is 12.8. The van der Waals surface area contributed by atoms with Crippen LogP contribution in [0.1, 0.15) is 75.8 Å². The van der Waals surface area contributed by atoms with Crippen LogP contribution in [0.2, 0.25) is 0 Å². The summed E-state index contributed by atoms with van der Waals surface area (Å²) < 4.78 is 13.2. The summed E-state index contributed by atoms with van der Waals surface area (Å²) in [4.78, 5) is 17.5. The monoisotopic (exact) mass is 466 g/mol. The average Bonchev–Trinajstić information content (AvgIpc) is 3.43. The molecule has 3 aliphatic carbocycles. The van der Waals surface area contributed by atoms with E-state index in [2.05, 4.69) is 28.9 Å². The molecule has 1 spiro atoms. The van der Waals surface area contributed by atoms with Crippen LogP contribution in [-0.4, -0.2) is 70.8 Å². The van der Waals surface area contributed by atoms with Crippen molar-refractivity contribution in [1.29, 1.82) is 0 Å². The molecule has 0 aromatic heterocycles. The summed E-state index contributed by atoms with van der Waals surface area (Å²) >= 11 is 0. The number of rotatable bonds is 7. The molecular formula is C28H38N2O4. The molecule has 7 rings (SSSR count). The first-order valence-corrected chi connectivity index (χ1v) is 13.8. The summed E-state index contributed by atoms with van der Waals surface area (Å²) in [5, 5.41) is 12.7. The molecular weight excluding hydrogens is 428 g/mol. The Morgan fingerprint density at radius 1 is 1.21 bits per heavy atom. The Morgan fingerprint density at radius 3 is 2.85 bits per heavy atom. The zero-order chi connectivity index (χ0) is 23.1. The second-order valence-electron chi connectivity index (χ2n) is 11.8. The van der Waals surface area contributed by atoms with E-state index in [1.165, 1.54) is 24.0 Å². The Morgan fingerprint density at radius 2 is 2.09 bits per heavy atom. The maximum Gasteiger partial charge on any atom is 0.223 e. The number of hydrogen-bond donors (Lipinski definition) is 1. The lowest BCUT2D eigenvalue weighted by Crippen LogP contribution is -2.78. The average molecular weight is 467 g/mol. The normalized spacial score (nSPS) is 38.1. The molecule has 184 valence electrons. The molecule has 2 saturated carbocycles. The Kier molecular flexibility index (Phi) is 4.81. The van der Waals surface area contributed by atoms with Crippen LogP contribution in [-0.2, 0) is 16.6 Å². The summed E-state index contributed by atoms with van der Waals surface area (Å²) in [5.41, 5.74) is 1.28. The molecule has 0 radical (unpaired) electrons. The second-order valence-corrected chi connectivity index (χ2v) is 11.8. The van der Waals surface area contributed by atoms with Gasteiger partial charge in [0, 0.05) is 31.1 Å². The van der Waals surface area contributed by atoms with Gasteiger partial charge in [0.2, 0.25) is 5.91 Å². The smallest absolute Gasteiger partial charge is 0.223 e. The summed E-state index contributed by atoms with van der Waals surface area (Å²) in [6, 6.07) is 4.51. The fraction of sp³-hybridized carbons (Fsp3) is 0.750. The molecule has 1 N–H and O–H groups in total. The zero-order valence-corrected chi connectivity index (χ0v) is 20.4. The van der Waals surface area contributed by atoms with E-state index >= 15 is 0 Å². The number of carbonyl (C=O) groups excluding carboxylic acids is 1. The fourth-order valence-electron chi connectivity index (χ4n) is 8.22. The zero-order valence-electron chi connectivity index (χ0n) is 20.4. The summed E-state index contributed by atoms with van der Waals surface area (Å²) in [6.07, 6.45) is 9.48. The van der Waals surface area contributed by atoms with Gasteiger partial charge in [0.1, 0.15) is 6.10 Å². The van der Waals surface area contributed by atoms with Gasteiger partial charge in [-0.25, -0.2) is 0 Å². The van der Waals surface area contributed by atoms with Crippen LogP contribution < -0.4 is 9.47 Å². The first kappa shape index (κ1) is 21.5. The van der Waals surface area contributed by atoms with Crippen LogP contribution in [0.4, 0.5) is 0 Å². The Labute approximate surface area is 202 Å². The highest BCUT2D eigenvalue weighted by molar-refractivity contribution is 5.79. The third-order valence-corrected chi connectivity index (χ3v) is 9.98.